The Balaban J connectivity index is 1.56. The van der Waals surface area contributed by atoms with Crippen LogP contribution in [0, 0.1) is 0 Å². The van der Waals surface area contributed by atoms with Crippen molar-refractivity contribution in [1.82, 2.24) is 0 Å². The molecule has 248 valence electrons. The molecule has 0 saturated carbocycles. The number of rotatable bonds is 28. The summed E-state index contributed by atoms with van der Waals surface area (Å²) in [7, 11) is 0. The van der Waals surface area contributed by atoms with Crippen LogP contribution in [0.3, 0.4) is 0 Å². The second-order valence-corrected chi connectivity index (χ2v) is 12.8. The first-order valence-corrected chi connectivity index (χ1v) is 18.5. The summed E-state index contributed by atoms with van der Waals surface area (Å²) in [6.07, 6.45) is 30.8. The van der Waals surface area contributed by atoms with Gasteiger partial charge in [-0.3, -0.25) is 0 Å². The third-order valence-electron chi connectivity index (χ3n) is 8.81. The minimum atomic E-state index is -0.368. The van der Waals surface area contributed by atoms with Crippen LogP contribution in [-0.2, 0) is 9.47 Å². The van der Waals surface area contributed by atoms with Crippen LogP contribution in [0.15, 0.2) is 36.4 Å². The zero-order chi connectivity index (χ0) is 31.5. The Hall–Kier alpha value is -2.36. The predicted octanol–water partition coefficient (Wildman–Crippen LogP) is 12.6. The standard InChI is InChI=1S/C40H64O4/c1-3-5-7-9-11-12-13-14-15-16-17-18-19-20-21-22-24-26-34-44-40(42)37-32-28-30-35-29-27-31-36(38(35)37)39(41)43-33-25-23-10-8-6-4-2/h27-32H,3-26,33-34H2,1-2H3. The van der Waals surface area contributed by atoms with Gasteiger partial charge in [0, 0.05) is 5.39 Å². The second-order valence-electron chi connectivity index (χ2n) is 12.8. The molecule has 0 bridgehead atoms. The van der Waals surface area contributed by atoms with E-state index in [4.69, 9.17) is 9.47 Å². The van der Waals surface area contributed by atoms with Gasteiger partial charge in [0.15, 0.2) is 0 Å². The van der Waals surface area contributed by atoms with E-state index in [0.717, 1.165) is 31.1 Å². The lowest BCUT2D eigenvalue weighted by Gasteiger charge is -2.12. The summed E-state index contributed by atoms with van der Waals surface area (Å²) in [6, 6.07) is 11.0. The molecule has 2 aromatic rings. The van der Waals surface area contributed by atoms with Gasteiger partial charge in [0.25, 0.3) is 0 Å². The lowest BCUT2D eigenvalue weighted by molar-refractivity contribution is 0.0498. The van der Waals surface area contributed by atoms with E-state index >= 15 is 0 Å². The van der Waals surface area contributed by atoms with E-state index in [1.165, 1.54) is 128 Å². The smallest absolute Gasteiger partial charge is 0.338 e. The molecule has 0 N–H and O–H groups in total. The van der Waals surface area contributed by atoms with Crippen molar-refractivity contribution >= 4 is 22.7 Å². The molecule has 0 atom stereocenters. The highest BCUT2D eigenvalue weighted by Gasteiger charge is 2.19. The van der Waals surface area contributed by atoms with Gasteiger partial charge in [0.2, 0.25) is 0 Å². The van der Waals surface area contributed by atoms with Crippen LogP contribution in [0.4, 0.5) is 0 Å². The van der Waals surface area contributed by atoms with Crippen LogP contribution < -0.4 is 0 Å². The number of hydrogen-bond donors (Lipinski definition) is 0. The van der Waals surface area contributed by atoms with Crippen molar-refractivity contribution in [2.75, 3.05) is 13.2 Å². The van der Waals surface area contributed by atoms with E-state index < -0.39 is 0 Å². The van der Waals surface area contributed by atoms with Gasteiger partial charge in [-0.15, -0.1) is 0 Å². The molecule has 0 spiro atoms. The number of hydrogen-bond acceptors (Lipinski definition) is 4. The maximum absolute atomic E-state index is 13.0. The van der Waals surface area contributed by atoms with E-state index in [9.17, 15) is 9.59 Å². The molecule has 0 aromatic heterocycles. The minimum absolute atomic E-state index is 0.362. The van der Waals surface area contributed by atoms with Crippen molar-refractivity contribution < 1.29 is 19.1 Å². The highest BCUT2D eigenvalue weighted by Crippen LogP contribution is 2.25. The lowest BCUT2D eigenvalue weighted by Crippen LogP contribution is -2.11. The molecule has 2 aromatic carbocycles. The molecule has 0 unspecified atom stereocenters. The highest BCUT2D eigenvalue weighted by atomic mass is 16.5. The van der Waals surface area contributed by atoms with Gasteiger partial charge in [0.1, 0.15) is 0 Å². The number of carbonyl (C=O) groups is 2. The second kappa shape index (κ2) is 25.9. The number of esters is 2. The molecule has 44 heavy (non-hydrogen) atoms. The van der Waals surface area contributed by atoms with Crippen LogP contribution in [-0.4, -0.2) is 25.2 Å². The molecule has 4 heteroatoms. The summed E-state index contributed by atoms with van der Waals surface area (Å²) in [4.78, 5) is 26.0. The lowest BCUT2D eigenvalue weighted by atomic mass is 9.99. The first kappa shape index (κ1) is 37.8. The molecule has 0 heterocycles. The first-order valence-electron chi connectivity index (χ1n) is 18.5. The minimum Gasteiger partial charge on any atom is -0.462 e. The maximum atomic E-state index is 13.0. The summed E-state index contributed by atoms with van der Waals surface area (Å²) < 4.78 is 11.2. The van der Waals surface area contributed by atoms with Crippen LogP contribution in [0.2, 0.25) is 0 Å². The number of ether oxygens (including phenoxy) is 2. The number of fused-ring (bicyclic) bond motifs is 1. The van der Waals surface area contributed by atoms with Crippen LogP contribution >= 0.6 is 0 Å². The Morgan fingerprint density at radius 3 is 1.05 bits per heavy atom. The van der Waals surface area contributed by atoms with Gasteiger partial charge in [-0.25, -0.2) is 9.59 Å². The average molecular weight is 609 g/mol. The van der Waals surface area contributed by atoms with Gasteiger partial charge in [0.05, 0.1) is 24.3 Å². The molecular weight excluding hydrogens is 544 g/mol. The van der Waals surface area contributed by atoms with Gasteiger partial charge >= 0.3 is 11.9 Å². The van der Waals surface area contributed by atoms with E-state index in [-0.39, 0.29) is 11.9 Å². The predicted molar refractivity (Wildman–Crippen MR) is 187 cm³/mol. The quantitative estimate of drug-likeness (QED) is 0.0712. The fourth-order valence-electron chi connectivity index (χ4n) is 6.05. The fourth-order valence-corrected chi connectivity index (χ4v) is 6.05. The largest absolute Gasteiger partial charge is 0.462 e. The van der Waals surface area contributed by atoms with E-state index in [0.29, 0.717) is 29.7 Å². The van der Waals surface area contributed by atoms with Crippen molar-refractivity contribution in [2.45, 2.75) is 168 Å². The molecule has 0 aliphatic rings. The van der Waals surface area contributed by atoms with Crippen molar-refractivity contribution in [3.05, 3.63) is 47.5 Å². The molecule has 0 fully saturated rings. The maximum Gasteiger partial charge on any atom is 0.338 e. The number of benzene rings is 2. The Labute approximate surface area is 270 Å². The SMILES string of the molecule is CCCCCCCCCCCCCCCCCCCCOC(=O)c1cccc2cccc(C(=O)OCCCCCCCC)c12. The third kappa shape index (κ3) is 16.6. The Morgan fingerprint density at radius 2 is 0.727 bits per heavy atom. The molecule has 0 aliphatic heterocycles. The molecule has 0 amide bonds. The zero-order valence-corrected chi connectivity index (χ0v) is 28.5. The summed E-state index contributed by atoms with van der Waals surface area (Å²) in [5, 5.41) is 1.48. The monoisotopic (exact) mass is 608 g/mol. The molecule has 0 aliphatic carbocycles. The molecule has 2 rings (SSSR count). The van der Waals surface area contributed by atoms with Crippen molar-refractivity contribution in [1.29, 1.82) is 0 Å². The van der Waals surface area contributed by atoms with Crippen molar-refractivity contribution in [3.63, 3.8) is 0 Å². The topological polar surface area (TPSA) is 52.6 Å². The van der Waals surface area contributed by atoms with Crippen LogP contribution in [0.25, 0.3) is 10.8 Å². The van der Waals surface area contributed by atoms with Gasteiger partial charge < -0.3 is 9.47 Å². The summed E-state index contributed by atoms with van der Waals surface area (Å²) in [5.41, 5.74) is 0.881. The molecule has 0 radical (unpaired) electrons. The summed E-state index contributed by atoms with van der Waals surface area (Å²) in [6.45, 7) is 5.32. The number of unbranched alkanes of at least 4 members (excludes halogenated alkanes) is 22. The average Bonchev–Trinajstić information content (AvgIpc) is 3.04. The number of carbonyl (C=O) groups excluding carboxylic acids is 2. The summed E-state index contributed by atoms with van der Waals surface area (Å²) in [5.74, 6) is -0.730. The Kier molecular flexibility index (Phi) is 22.3. The fraction of sp³-hybridized carbons (Fsp3) is 0.700. The van der Waals surface area contributed by atoms with Gasteiger partial charge in [-0.2, -0.15) is 0 Å². The third-order valence-corrected chi connectivity index (χ3v) is 8.81. The zero-order valence-electron chi connectivity index (χ0n) is 28.5. The Morgan fingerprint density at radius 1 is 0.432 bits per heavy atom. The van der Waals surface area contributed by atoms with Crippen LogP contribution in [0.5, 0.6) is 0 Å². The Bertz CT molecular complexity index is 1010. The highest BCUT2D eigenvalue weighted by molar-refractivity contribution is 6.13. The molecule has 4 nitrogen and oxygen atoms in total. The van der Waals surface area contributed by atoms with Gasteiger partial charge in [-0.05, 0) is 30.4 Å². The van der Waals surface area contributed by atoms with Crippen LogP contribution in [0.1, 0.15) is 189 Å². The summed E-state index contributed by atoms with van der Waals surface area (Å²) >= 11 is 0. The van der Waals surface area contributed by atoms with Crippen molar-refractivity contribution in [2.24, 2.45) is 0 Å². The van der Waals surface area contributed by atoms with E-state index in [1.807, 2.05) is 24.3 Å². The van der Waals surface area contributed by atoms with Crippen molar-refractivity contribution in [3.8, 4) is 0 Å². The molecule has 0 saturated heterocycles. The molecular formula is C40H64O4. The van der Waals surface area contributed by atoms with E-state index in [1.54, 1.807) is 12.1 Å². The normalized spacial score (nSPS) is 11.2. The van der Waals surface area contributed by atoms with Gasteiger partial charge in [-0.1, -0.05) is 179 Å². The first-order chi connectivity index (χ1) is 21.7. The van der Waals surface area contributed by atoms with E-state index in [2.05, 4.69) is 13.8 Å².